The van der Waals surface area contributed by atoms with Crippen molar-refractivity contribution < 1.29 is 5.11 Å². The quantitative estimate of drug-likeness (QED) is 0.691. The second kappa shape index (κ2) is 4.02. The summed E-state index contributed by atoms with van der Waals surface area (Å²) < 4.78 is 0. The Morgan fingerprint density at radius 3 is 2.58 bits per heavy atom. The van der Waals surface area contributed by atoms with Crippen molar-refractivity contribution in [2.24, 2.45) is 5.92 Å². The maximum absolute atomic E-state index is 9.69. The Morgan fingerprint density at radius 2 is 2.08 bits per heavy atom. The highest BCUT2D eigenvalue weighted by Gasteiger charge is 2.11. The zero-order valence-corrected chi connectivity index (χ0v) is 7.14. The first-order chi connectivity index (χ1) is 5.75. The number of rotatable bonds is 3. The van der Waals surface area contributed by atoms with Crippen LogP contribution in [0.25, 0.3) is 0 Å². The summed E-state index contributed by atoms with van der Waals surface area (Å²) in [4.78, 5) is 3.88. The van der Waals surface area contributed by atoms with E-state index < -0.39 is 6.10 Å². The lowest BCUT2D eigenvalue weighted by molar-refractivity contribution is 0.140. The SMILES string of the molecule is C=CC(C)[C@H](O)c1ccncc1. The monoisotopic (exact) mass is 163 g/mol. The van der Waals surface area contributed by atoms with Gasteiger partial charge in [-0.15, -0.1) is 6.58 Å². The van der Waals surface area contributed by atoms with Crippen molar-refractivity contribution in [3.8, 4) is 0 Å². The van der Waals surface area contributed by atoms with Crippen LogP contribution in [0.2, 0.25) is 0 Å². The predicted molar refractivity (Wildman–Crippen MR) is 48.6 cm³/mol. The third-order valence-corrected chi connectivity index (χ3v) is 1.92. The number of aliphatic hydroxyl groups is 1. The third-order valence-electron chi connectivity index (χ3n) is 1.92. The fraction of sp³-hybridized carbons (Fsp3) is 0.300. The van der Waals surface area contributed by atoms with E-state index in [4.69, 9.17) is 0 Å². The van der Waals surface area contributed by atoms with Crippen LogP contribution in [0, 0.1) is 5.92 Å². The standard InChI is InChI=1S/C10H13NO/c1-3-8(2)10(12)9-4-6-11-7-5-9/h3-8,10,12H,1H2,2H3/t8?,10-/m0/s1. The summed E-state index contributed by atoms with van der Waals surface area (Å²) in [6.07, 6.45) is 4.62. The number of hydrogen-bond acceptors (Lipinski definition) is 2. The molecule has 0 aliphatic heterocycles. The molecule has 0 aliphatic carbocycles. The van der Waals surface area contributed by atoms with Crippen molar-refractivity contribution in [3.05, 3.63) is 42.7 Å². The second-order valence-electron chi connectivity index (χ2n) is 2.82. The Hall–Kier alpha value is -1.15. The van der Waals surface area contributed by atoms with E-state index in [9.17, 15) is 5.11 Å². The van der Waals surface area contributed by atoms with E-state index in [1.165, 1.54) is 0 Å². The number of hydrogen-bond donors (Lipinski definition) is 1. The molecule has 0 spiro atoms. The van der Waals surface area contributed by atoms with Crippen LogP contribution < -0.4 is 0 Å². The number of aliphatic hydroxyl groups excluding tert-OH is 1. The predicted octanol–water partition coefficient (Wildman–Crippen LogP) is 1.94. The van der Waals surface area contributed by atoms with Gasteiger partial charge in [0.2, 0.25) is 0 Å². The van der Waals surface area contributed by atoms with Gasteiger partial charge in [-0.25, -0.2) is 0 Å². The maximum Gasteiger partial charge on any atom is 0.0850 e. The minimum Gasteiger partial charge on any atom is -0.388 e. The van der Waals surface area contributed by atoms with E-state index in [2.05, 4.69) is 11.6 Å². The van der Waals surface area contributed by atoms with E-state index in [0.717, 1.165) is 5.56 Å². The molecule has 0 amide bonds. The molecule has 0 radical (unpaired) electrons. The Kier molecular flexibility index (Phi) is 3.00. The largest absolute Gasteiger partial charge is 0.388 e. The van der Waals surface area contributed by atoms with Crippen LogP contribution in [0.3, 0.4) is 0 Å². The van der Waals surface area contributed by atoms with Gasteiger partial charge in [-0.1, -0.05) is 13.0 Å². The molecule has 1 aromatic heterocycles. The van der Waals surface area contributed by atoms with E-state index >= 15 is 0 Å². The molecule has 1 aromatic rings. The van der Waals surface area contributed by atoms with Crippen molar-refractivity contribution in [3.63, 3.8) is 0 Å². The van der Waals surface area contributed by atoms with Gasteiger partial charge in [0.1, 0.15) is 0 Å². The topological polar surface area (TPSA) is 33.1 Å². The van der Waals surface area contributed by atoms with Crippen molar-refractivity contribution in [1.82, 2.24) is 4.98 Å². The highest BCUT2D eigenvalue weighted by molar-refractivity contribution is 5.14. The minimum atomic E-state index is -0.467. The van der Waals surface area contributed by atoms with E-state index in [0.29, 0.717) is 0 Å². The molecular weight excluding hydrogens is 150 g/mol. The van der Waals surface area contributed by atoms with E-state index in [1.54, 1.807) is 18.5 Å². The Balaban J connectivity index is 2.78. The molecule has 0 saturated carbocycles. The molecule has 1 N–H and O–H groups in total. The maximum atomic E-state index is 9.69. The highest BCUT2D eigenvalue weighted by Crippen LogP contribution is 2.20. The van der Waals surface area contributed by atoms with Crippen molar-refractivity contribution >= 4 is 0 Å². The minimum absolute atomic E-state index is 0.0763. The van der Waals surface area contributed by atoms with Gasteiger partial charge in [-0.05, 0) is 17.7 Å². The molecule has 1 rings (SSSR count). The normalized spacial score (nSPS) is 15.2. The van der Waals surface area contributed by atoms with Crippen LogP contribution in [-0.2, 0) is 0 Å². The lowest BCUT2D eigenvalue weighted by Crippen LogP contribution is -2.05. The Labute approximate surface area is 72.6 Å². The molecule has 0 bridgehead atoms. The van der Waals surface area contributed by atoms with Crippen LogP contribution in [-0.4, -0.2) is 10.1 Å². The van der Waals surface area contributed by atoms with Gasteiger partial charge in [0.25, 0.3) is 0 Å². The summed E-state index contributed by atoms with van der Waals surface area (Å²) in [7, 11) is 0. The molecule has 0 saturated heterocycles. The van der Waals surface area contributed by atoms with Crippen molar-refractivity contribution in [1.29, 1.82) is 0 Å². The second-order valence-corrected chi connectivity index (χ2v) is 2.82. The molecule has 0 fully saturated rings. The number of pyridine rings is 1. The Morgan fingerprint density at radius 1 is 1.50 bits per heavy atom. The molecule has 2 atom stereocenters. The molecule has 0 aromatic carbocycles. The van der Waals surface area contributed by atoms with Crippen molar-refractivity contribution in [2.75, 3.05) is 0 Å². The summed E-state index contributed by atoms with van der Waals surface area (Å²) in [6.45, 7) is 5.56. The Bertz CT molecular complexity index is 245. The first kappa shape index (κ1) is 8.94. The van der Waals surface area contributed by atoms with Gasteiger partial charge in [0.05, 0.1) is 6.10 Å². The van der Waals surface area contributed by atoms with Crippen LogP contribution in [0.5, 0.6) is 0 Å². The smallest absolute Gasteiger partial charge is 0.0850 e. The molecule has 0 aliphatic rings. The van der Waals surface area contributed by atoms with Crippen LogP contribution in [0.15, 0.2) is 37.2 Å². The zero-order valence-electron chi connectivity index (χ0n) is 7.14. The fourth-order valence-corrected chi connectivity index (χ4v) is 0.993. The third kappa shape index (κ3) is 1.92. The summed E-state index contributed by atoms with van der Waals surface area (Å²) in [6, 6.07) is 3.62. The van der Waals surface area contributed by atoms with Gasteiger partial charge in [-0.2, -0.15) is 0 Å². The summed E-state index contributed by atoms with van der Waals surface area (Å²) in [5, 5.41) is 9.69. The number of aromatic nitrogens is 1. The fourth-order valence-electron chi connectivity index (χ4n) is 0.993. The van der Waals surface area contributed by atoms with Crippen LogP contribution in [0.4, 0.5) is 0 Å². The number of nitrogens with zero attached hydrogens (tertiary/aromatic N) is 1. The molecule has 1 unspecified atom stereocenters. The van der Waals surface area contributed by atoms with Crippen molar-refractivity contribution in [2.45, 2.75) is 13.0 Å². The van der Waals surface area contributed by atoms with Gasteiger partial charge in [0.15, 0.2) is 0 Å². The average molecular weight is 163 g/mol. The van der Waals surface area contributed by atoms with Crippen LogP contribution >= 0.6 is 0 Å². The van der Waals surface area contributed by atoms with Gasteiger partial charge in [0, 0.05) is 18.3 Å². The zero-order chi connectivity index (χ0) is 8.97. The molecular formula is C10H13NO. The van der Waals surface area contributed by atoms with E-state index in [-0.39, 0.29) is 5.92 Å². The van der Waals surface area contributed by atoms with Crippen LogP contribution in [0.1, 0.15) is 18.6 Å². The molecule has 2 nitrogen and oxygen atoms in total. The van der Waals surface area contributed by atoms with E-state index in [1.807, 2.05) is 19.1 Å². The molecule has 64 valence electrons. The van der Waals surface area contributed by atoms with Gasteiger partial charge < -0.3 is 5.11 Å². The summed E-state index contributed by atoms with van der Waals surface area (Å²) >= 11 is 0. The lowest BCUT2D eigenvalue weighted by Gasteiger charge is -2.14. The molecule has 1 heterocycles. The average Bonchev–Trinajstić information content (AvgIpc) is 2.17. The lowest BCUT2D eigenvalue weighted by atomic mass is 9.99. The highest BCUT2D eigenvalue weighted by atomic mass is 16.3. The molecule has 12 heavy (non-hydrogen) atoms. The summed E-state index contributed by atoms with van der Waals surface area (Å²) in [5.74, 6) is 0.0763. The first-order valence-corrected chi connectivity index (χ1v) is 3.96. The van der Waals surface area contributed by atoms with Gasteiger partial charge in [-0.3, -0.25) is 4.98 Å². The van der Waals surface area contributed by atoms with Gasteiger partial charge >= 0.3 is 0 Å². The summed E-state index contributed by atoms with van der Waals surface area (Å²) in [5.41, 5.74) is 0.886. The molecule has 2 heteroatoms. The first-order valence-electron chi connectivity index (χ1n) is 3.96.